The third kappa shape index (κ3) is 8.81. The molecule has 0 aliphatic heterocycles. The van der Waals surface area contributed by atoms with E-state index in [9.17, 15) is 0 Å². The number of fused-ring (bicyclic) bond motifs is 1. The molecule has 5 nitrogen and oxygen atoms in total. The number of furan rings is 1. The Morgan fingerprint density at radius 1 is 0.846 bits per heavy atom. The SMILES string of the molecule is Cc1cc(C)cc(C([N-]C(C)C)[N-]C(C)C)c1.Cc1oc2ncnc(-c3[c-]cc(C(C)(C)C)cc3)c2c1C.[Ir+3]. The molecule has 0 N–H and O–H groups in total. The zero-order chi connectivity index (χ0) is 28.2. The van der Waals surface area contributed by atoms with Gasteiger partial charge in [-0.3, -0.25) is 4.98 Å². The summed E-state index contributed by atoms with van der Waals surface area (Å²) in [5.74, 6) is 0.887. The van der Waals surface area contributed by atoms with Crippen molar-refractivity contribution in [3.8, 4) is 11.3 Å². The monoisotopic (exact) mass is 704 g/mol. The van der Waals surface area contributed by atoms with Crippen LogP contribution in [0.3, 0.4) is 0 Å². The van der Waals surface area contributed by atoms with E-state index in [-0.39, 0.29) is 31.7 Å². The molecule has 2 heterocycles. The van der Waals surface area contributed by atoms with E-state index >= 15 is 0 Å². The van der Waals surface area contributed by atoms with Gasteiger partial charge >= 0.3 is 20.1 Å². The summed E-state index contributed by atoms with van der Waals surface area (Å²) in [5.41, 5.74) is 8.75. The first kappa shape index (κ1) is 32.8. The van der Waals surface area contributed by atoms with Gasteiger partial charge in [-0.25, -0.2) is 11.1 Å². The predicted octanol–water partition coefficient (Wildman–Crippen LogP) is 9.47. The molecule has 6 heteroatoms. The van der Waals surface area contributed by atoms with Gasteiger partial charge in [-0.15, -0.1) is 47.5 Å². The van der Waals surface area contributed by atoms with Gasteiger partial charge in [0.15, 0.2) is 0 Å². The Morgan fingerprint density at radius 3 is 1.92 bits per heavy atom. The summed E-state index contributed by atoms with van der Waals surface area (Å²) >= 11 is 0. The molecule has 0 saturated carbocycles. The van der Waals surface area contributed by atoms with Crippen LogP contribution in [-0.2, 0) is 25.5 Å². The number of aromatic nitrogens is 2. The number of rotatable bonds is 6. The van der Waals surface area contributed by atoms with Crippen LogP contribution in [0.2, 0.25) is 0 Å². The van der Waals surface area contributed by atoms with Crippen molar-refractivity contribution >= 4 is 11.1 Å². The number of hydrogen-bond donors (Lipinski definition) is 0. The third-order valence-corrected chi connectivity index (χ3v) is 6.32. The number of aryl methyl sites for hydroxylation is 4. The van der Waals surface area contributed by atoms with Crippen molar-refractivity contribution in [1.29, 1.82) is 0 Å². The Kier molecular flexibility index (Phi) is 11.6. The second kappa shape index (κ2) is 13.8. The van der Waals surface area contributed by atoms with Gasteiger partial charge in [0, 0.05) is 11.1 Å². The van der Waals surface area contributed by atoms with Crippen LogP contribution in [0.15, 0.2) is 47.1 Å². The maximum absolute atomic E-state index is 5.67. The van der Waals surface area contributed by atoms with Crippen molar-refractivity contribution < 1.29 is 24.5 Å². The molecule has 0 aliphatic carbocycles. The molecular formula is C33H43IrN4O. The molecule has 0 radical (unpaired) electrons. The molecule has 0 aliphatic rings. The zero-order valence-electron chi connectivity index (χ0n) is 25.3. The second-order valence-corrected chi connectivity index (χ2v) is 11.7. The molecule has 2 aromatic carbocycles. The van der Waals surface area contributed by atoms with E-state index in [1.54, 1.807) is 6.33 Å². The first-order valence-electron chi connectivity index (χ1n) is 13.5. The van der Waals surface area contributed by atoms with Gasteiger partial charge in [-0.1, -0.05) is 83.4 Å². The third-order valence-electron chi connectivity index (χ3n) is 6.32. The van der Waals surface area contributed by atoms with Crippen molar-refractivity contribution in [1.82, 2.24) is 9.97 Å². The average Bonchev–Trinajstić information content (AvgIpc) is 3.11. The van der Waals surface area contributed by atoms with Gasteiger partial charge in [0.25, 0.3) is 0 Å². The molecule has 4 rings (SSSR count). The second-order valence-electron chi connectivity index (χ2n) is 11.7. The van der Waals surface area contributed by atoms with E-state index in [4.69, 9.17) is 15.1 Å². The molecule has 0 amide bonds. The summed E-state index contributed by atoms with van der Waals surface area (Å²) < 4.78 is 5.67. The summed E-state index contributed by atoms with van der Waals surface area (Å²) in [5, 5.41) is 10.4. The molecule has 0 atom stereocenters. The van der Waals surface area contributed by atoms with Crippen LogP contribution in [-0.4, -0.2) is 22.1 Å². The Morgan fingerprint density at radius 2 is 1.44 bits per heavy atom. The summed E-state index contributed by atoms with van der Waals surface area (Å²) in [6, 6.07) is 16.8. The standard InChI is InChI=1S/C18H19N2O.C15H24N2.Ir/c1-11-12(2)21-17-15(11)16(19-10-20-17)13-6-8-14(9-7-13)18(3,4)5;1-10(2)16-15(17-11(3)4)14-8-12(5)7-13(6)9-14;/h6,8-10H,1-5H3;7-11,15H,1-6H3;/q-1;-2;+3. The molecule has 39 heavy (non-hydrogen) atoms. The fraction of sp³-hybridized carbons (Fsp3) is 0.455. The fourth-order valence-electron chi connectivity index (χ4n) is 4.36. The largest absolute Gasteiger partial charge is 3.00 e. The van der Waals surface area contributed by atoms with Crippen LogP contribution in [0.25, 0.3) is 33.0 Å². The van der Waals surface area contributed by atoms with Gasteiger partial charge in [0.2, 0.25) is 5.71 Å². The Hall–Kier alpha value is -2.37. The maximum Gasteiger partial charge on any atom is 3.00 e. The number of nitrogens with zero attached hydrogens (tertiary/aromatic N) is 4. The van der Waals surface area contributed by atoms with Crippen molar-refractivity contribution in [2.75, 3.05) is 0 Å². The molecule has 0 spiro atoms. The van der Waals surface area contributed by atoms with E-state index in [2.05, 4.69) is 109 Å². The molecular weight excluding hydrogens is 661 g/mol. The van der Waals surface area contributed by atoms with Gasteiger partial charge in [0.05, 0.1) is 0 Å². The van der Waals surface area contributed by atoms with E-state index in [0.29, 0.717) is 17.8 Å². The van der Waals surface area contributed by atoms with Crippen LogP contribution in [0, 0.1) is 33.8 Å². The Balaban J connectivity index is 0.000000273. The van der Waals surface area contributed by atoms with E-state index < -0.39 is 0 Å². The van der Waals surface area contributed by atoms with Crippen LogP contribution in [0.1, 0.15) is 88.2 Å². The van der Waals surface area contributed by atoms with Crippen molar-refractivity contribution in [3.63, 3.8) is 0 Å². The van der Waals surface area contributed by atoms with E-state index in [1.165, 1.54) is 22.3 Å². The van der Waals surface area contributed by atoms with Gasteiger partial charge in [0.1, 0.15) is 12.1 Å². The van der Waals surface area contributed by atoms with Crippen LogP contribution in [0.4, 0.5) is 0 Å². The molecule has 0 unspecified atom stereocenters. The molecule has 4 aromatic rings. The Labute approximate surface area is 249 Å². The molecule has 0 bridgehead atoms. The van der Waals surface area contributed by atoms with E-state index in [1.807, 2.05) is 19.9 Å². The Bertz CT molecular complexity index is 1320. The predicted molar refractivity (Wildman–Crippen MR) is 160 cm³/mol. The summed E-state index contributed by atoms with van der Waals surface area (Å²) in [4.78, 5) is 8.65. The van der Waals surface area contributed by atoms with Crippen LogP contribution in [0.5, 0.6) is 0 Å². The molecule has 0 fully saturated rings. The van der Waals surface area contributed by atoms with Crippen LogP contribution >= 0.6 is 0 Å². The number of benzene rings is 2. The van der Waals surface area contributed by atoms with E-state index in [0.717, 1.165) is 28.0 Å². The minimum absolute atomic E-state index is 0. The van der Waals surface area contributed by atoms with Crippen molar-refractivity contribution in [2.45, 2.75) is 99.8 Å². The van der Waals surface area contributed by atoms with Gasteiger partial charge < -0.3 is 15.1 Å². The topological polar surface area (TPSA) is 67.1 Å². The zero-order valence-corrected chi connectivity index (χ0v) is 27.7. The summed E-state index contributed by atoms with van der Waals surface area (Å²) in [7, 11) is 0. The summed E-state index contributed by atoms with van der Waals surface area (Å²) in [6.07, 6.45) is 1.53. The molecule has 210 valence electrons. The van der Waals surface area contributed by atoms with Gasteiger partial charge in [-0.05, 0) is 38.7 Å². The smallest absolute Gasteiger partial charge is 0.672 e. The minimum Gasteiger partial charge on any atom is -0.672 e. The minimum atomic E-state index is -0.0198. The normalized spacial score (nSPS) is 11.6. The first-order chi connectivity index (χ1) is 17.8. The summed E-state index contributed by atoms with van der Waals surface area (Å²) in [6.45, 7) is 23.2. The molecule has 0 saturated heterocycles. The quantitative estimate of drug-likeness (QED) is 0.188. The first-order valence-corrected chi connectivity index (χ1v) is 13.5. The maximum atomic E-state index is 5.67. The van der Waals surface area contributed by atoms with Crippen molar-refractivity contribution in [2.24, 2.45) is 0 Å². The average molecular weight is 704 g/mol. The molecule has 2 aromatic heterocycles. The number of hydrogen-bond acceptors (Lipinski definition) is 3. The fourth-order valence-corrected chi connectivity index (χ4v) is 4.36. The van der Waals surface area contributed by atoms with Gasteiger partial charge in [-0.2, -0.15) is 0 Å². The van der Waals surface area contributed by atoms with Crippen LogP contribution < -0.4 is 0 Å². The van der Waals surface area contributed by atoms with Crippen molar-refractivity contribution in [3.05, 3.63) is 93.0 Å².